The molecular weight excluding hydrogens is 350 g/mol. The summed E-state index contributed by atoms with van der Waals surface area (Å²) < 4.78 is 5.23. The van der Waals surface area contributed by atoms with E-state index in [4.69, 9.17) is 4.42 Å². The molecule has 6 nitrogen and oxygen atoms in total. The third-order valence-electron chi connectivity index (χ3n) is 4.83. The van der Waals surface area contributed by atoms with Crippen LogP contribution in [0.15, 0.2) is 78.3 Å². The molecule has 4 heterocycles. The topological polar surface area (TPSA) is 83.4 Å². The van der Waals surface area contributed by atoms with Gasteiger partial charge in [0.2, 0.25) is 0 Å². The van der Waals surface area contributed by atoms with Crippen LogP contribution in [0.5, 0.6) is 0 Å². The molecule has 0 aliphatic rings. The summed E-state index contributed by atoms with van der Waals surface area (Å²) >= 11 is 0. The van der Waals surface area contributed by atoms with Crippen LogP contribution in [-0.4, -0.2) is 25.1 Å². The Morgan fingerprint density at radius 3 is 2.71 bits per heavy atom. The first kappa shape index (κ1) is 16.3. The minimum Gasteiger partial charge on any atom is -0.472 e. The number of allylic oxidation sites excluding steroid dienone is 1. The van der Waals surface area contributed by atoms with E-state index in [9.17, 15) is 0 Å². The zero-order valence-electron chi connectivity index (χ0n) is 15.2. The molecule has 0 atom stereocenters. The number of benzene rings is 1. The van der Waals surface area contributed by atoms with Crippen molar-refractivity contribution in [3.8, 4) is 22.5 Å². The molecule has 0 saturated heterocycles. The van der Waals surface area contributed by atoms with E-state index in [-0.39, 0.29) is 0 Å². The van der Waals surface area contributed by atoms with E-state index in [1.807, 2.05) is 43.7 Å². The van der Waals surface area contributed by atoms with Crippen LogP contribution in [0.4, 0.5) is 0 Å². The summed E-state index contributed by atoms with van der Waals surface area (Å²) in [5.41, 5.74) is 8.07. The first-order valence-electron chi connectivity index (χ1n) is 8.95. The van der Waals surface area contributed by atoms with Gasteiger partial charge >= 0.3 is 0 Å². The minimum atomic E-state index is 0.877. The third-order valence-corrected chi connectivity index (χ3v) is 4.83. The van der Waals surface area contributed by atoms with E-state index in [1.165, 1.54) is 6.33 Å². The third kappa shape index (κ3) is 2.72. The summed E-state index contributed by atoms with van der Waals surface area (Å²) in [4.78, 5) is 11.6. The lowest BCUT2D eigenvalue weighted by Gasteiger charge is -2.01. The van der Waals surface area contributed by atoms with Gasteiger partial charge in [0.05, 0.1) is 23.7 Å². The summed E-state index contributed by atoms with van der Waals surface area (Å²) in [5.74, 6) is 0. The molecule has 0 unspecified atom stereocenters. The van der Waals surface area contributed by atoms with E-state index in [0.717, 1.165) is 50.1 Å². The molecule has 2 N–H and O–H groups in total. The summed E-state index contributed by atoms with van der Waals surface area (Å²) in [6.45, 7) is 2.02. The van der Waals surface area contributed by atoms with Gasteiger partial charge in [-0.05, 0) is 42.3 Å². The van der Waals surface area contributed by atoms with Gasteiger partial charge in [-0.25, -0.2) is 9.97 Å². The number of aromatic nitrogens is 5. The number of furan rings is 1. The highest BCUT2D eigenvalue weighted by atomic mass is 16.3. The SMILES string of the molecule is C/C=C(/c1ccoc1)c1c[nH]c(-c2n[nH]c3ccc(-c4cncnc4)cc23)c1. The molecule has 0 saturated carbocycles. The predicted octanol–water partition coefficient (Wildman–Crippen LogP) is 5.06. The molecule has 0 fully saturated rings. The highest BCUT2D eigenvalue weighted by Crippen LogP contribution is 2.32. The van der Waals surface area contributed by atoms with Crippen molar-refractivity contribution in [2.75, 3.05) is 0 Å². The summed E-state index contributed by atoms with van der Waals surface area (Å²) in [5, 5.41) is 8.69. The molecule has 5 aromatic rings. The quantitative estimate of drug-likeness (QED) is 0.465. The smallest absolute Gasteiger partial charge is 0.116 e. The summed E-state index contributed by atoms with van der Waals surface area (Å²) in [6, 6.07) is 10.2. The average Bonchev–Trinajstić information content (AvgIpc) is 3.50. The number of fused-ring (bicyclic) bond motifs is 1. The maximum Gasteiger partial charge on any atom is 0.116 e. The first-order chi connectivity index (χ1) is 13.8. The largest absolute Gasteiger partial charge is 0.472 e. The van der Waals surface area contributed by atoms with E-state index in [1.54, 1.807) is 12.5 Å². The maximum atomic E-state index is 5.23. The van der Waals surface area contributed by atoms with Crippen LogP contribution in [0.2, 0.25) is 0 Å². The van der Waals surface area contributed by atoms with Gasteiger partial charge < -0.3 is 9.40 Å². The summed E-state index contributed by atoms with van der Waals surface area (Å²) in [7, 11) is 0. The van der Waals surface area contributed by atoms with Crippen LogP contribution in [-0.2, 0) is 0 Å². The van der Waals surface area contributed by atoms with Crippen molar-refractivity contribution in [1.29, 1.82) is 0 Å². The van der Waals surface area contributed by atoms with Gasteiger partial charge in [0.15, 0.2) is 0 Å². The number of nitrogens with one attached hydrogen (secondary N) is 2. The second-order valence-corrected chi connectivity index (χ2v) is 6.48. The van der Waals surface area contributed by atoms with Crippen molar-refractivity contribution in [3.63, 3.8) is 0 Å². The van der Waals surface area contributed by atoms with Gasteiger partial charge in [-0.1, -0.05) is 12.1 Å². The molecule has 4 aromatic heterocycles. The van der Waals surface area contributed by atoms with E-state index in [2.05, 4.69) is 43.4 Å². The molecule has 0 aliphatic heterocycles. The first-order valence-corrected chi connectivity index (χ1v) is 8.95. The van der Waals surface area contributed by atoms with Crippen LogP contribution >= 0.6 is 0 Å². The lowest BCUT2D eigenvalue weighted by molar-refractivity contribution is 0.566. The van der Waals surface area contributed by atoms with Crippen molar-refractivity contribution in [2.45, 2.75) is 6.92 Å². The van der Waals surface area contributed by atoms with Crippen LogP contribution < -0.4 is 0 Å². The monoisotopic (exact) mass is 367 g/mol. The van der Waals surface area contributed by atoms with E-state index in [0.29, 0.717) is 0 Å². The second-order valence-electron chi connectivity index (χ2n) is 6.48. The van der Waals surface area contributed by atoms with Crippen molar-refractivity contribution >= 4 is 16.5 Å². The van der Waals surface area contributed by atoms with E-state index < -0.39 is 0 Å². The zero-order chi connectivity index (χ0) is 18.9. The Kier molecular flexibility index (Phi) is 3.87. The maximum absolute atomic E-state index is 5.23. The van der Waals surface area contributed by atoms with Crippen molar-refractivity contribution in [1.82, 2.24) is 25.1 Å². The lowest BCUT2D eigenvalue weighted by atomic mass is 10.0. The Morgan fingerprint density at radius 1 is 1.04 bits per heavy atom. The molecular formula is C22H17N5O. The Morgan fingerprint density at radius 2 is 1.93 bits per heavy atom. The van der Waals surface area contributed by atoms with Crippen LogP contribution in [0.3, 0.4) is 0 Å². The predicted molar refractivity (Wildman–Crippen MR) is 108 cm³/mol. The minimum absolute atomic E-state index is 0.877. The molecule has 28 heavy (non-hydrogen) atoms. The van der Waals surface area contributed by atoms with Crippen molar-refractivity contribution < 1.29 is 4.42 Å². The fourth-order valence-corrected chi connectivity index (χ4v) is 3.45. The highest BCUT2D eigenvalue weighted by molar-refractivity contribution is 5.95. The normalized spacial score (nSPS) is 12.0. The standard InChI is InChI=1S/C22H17N5O/c1-2-18(15-5-6-28-12-15)16-8-21(25-11-16)22-19-7-14(3-4-20(19)26-27-22)17-9-23-13-24-10-17/h2-13,25H,1H3,(H,26,27)/b18-2-. The molecule has 0 bridgehead atoms. The number of aromatic amines is 2. The number of nitrogens with zero attached hydrogens (tertiary/aromatic N) is 3. The molecule has 6 heteroatoms. The Balaban J connectivity index is 1.58. The fourth-order valence-electron chi connectivity index (χ4n) is 3.45. The molecule has 0 amide bonds. The summed E-state index contributed by atoms with van der Waals surface area (Å²) in [6.07, 6.45) is 12.7. The van der Waals surface area contributed by atoms with Crippen LogP contribution in [0.1, 0.15) is 18.1 Å². The van der Waals surface area contributed by atoms with Gasteiger partial charge in [0.1, 0.15) is 12.0 Å². The van der Waals surface area contributed by atoms with Gasteiger partial charge in [-0.15, -0.1) is 0 Å². The zero-order valence-corrected chi connectivity index (χ0v) is 15.2. The average molecular weight is 367 g/mol. The van der Waals surface area contributed by atoms with Gasteiger partial charge in [-0.3, -0.25) is 5.10 Å². The van der Waals surface area contributed by atoms with Gasteiger partial charge in [-0.2, -0.15) is 5.10 Å². The molecule has 0 radical (unpaired) electrons. The van der Waals surface area contributed by atoms with Crippen LogP contribution in [0.25, 0.3) is 39.0 Å². The Labute approximate surface area is 161 Å². The highest BCUT2D eigenvalue weighted by Gasteiger charge is 2.14. The molecule has 0 aliphatic carbocycles. The van der Waals surface area contributed by atoms with E-state index >= 15 is 0 Å². The van der Waals surface area contributed by atoms with Gasteiger partial charge in [0.25, 0.3) is 0 Å². The number of hydrogen-bond donors (Lipinski definition) is 2. The fraction of sp³-hybridized carbons (Fsp3) is 0.0455. The number of H-pyrrole nitrogens is 2. The molecule has 1 aromatic carbocycles. The second kappa shape index (κ2) is 6.66. The van der Waals surface area contributed by atoms with Gasteiger partial charge in [0, 0.05) is 40.7 Å². The molecule has 5 rings (SSSR count). The Hall–Kier alpha value is -3.93. The molecule has 136 valence electrons. The molecule has 0 spiro atoms. The van der Waals surface area contributed by atoms with Crippen molar-refractivity contribution in [2.24, 2.45) is 0 Å². The number of rotatable bonds is 4. The van der Waals surface area contributed by atoms with Crippen LogP contribution in [0, 0.1) is 0 Å². The lowest BCUT2D eigenvalue weighted by Crippen LogP contribution is -1.83. The number of hydrogen-bond acceptors (Lipinski definition) is 4. The van der Waals surface area contributed by atoms with Crippen molar-refractivity contribution in [3.05, 3.63) is 85.0 Å². The Bertz CT molecular complexity index is 1260.